The van der Waals surface area contributed by atoms with Gasteiger partial charge in [-0.2, -0.15) is 19.0 Å². The molecule has 0 saturated heterocycles. The normalized spacial score (nSPS) is 17.5. The van der Waals surface area contributed by atoms with Crippen LogP contribution < -0.4 is 20.3 Å². The number of hydrogen-bond donors (Lipinski definition) is 2. The molecule has 3 atom stereocenters. The van der Waals surface area contributed by atoms with Crippen molar-refractivity contribution < 1.29 is 44.3 Å². The van der Waals surface area contributed by atoms with Crippen molar-refractivity contribution in [3.05, 3.63) is 104 Å². The highest BCUT2D eigenvalue weighted by molar-refractivity contribution is 7.92. The topological polar surface area (TPSA) is 155 Å². The summed E-state index contributed by atoms with van der Waals surface area (Å²) in [7, 11) is -1.13. The van der Waals surface area contributed by atoms with Crippen LogP contribution in [0.2, 0.25) is 5.02 Å². The molecule has 0 bridgehead atoms. The van der Waals surface area contributed by atoms with E-state index in [1.165, 1.54) is 49.2 Å². The summed E-state index contributed by atoms with van der Waals surface area (Å²) in [5.41, 5.74) is -2.60. The number of aryl methyl sites for hydroxylation is 1. The minimum absolute atomic E-state index is 0.000839. The second-order valence-electron chi connectivity index (χ2n) is 13.9. The highest BCUT2D eigenvalue weighted by Gasteiger charge is 2.67. The number of hydrogen-bond acceptors (Lipinski definition) is 8. The molecule has 3 heterocycles. The second-order valence-corrected chi connectivity index (χ2v) is 16.0. The van der Waals surface area contributed by atoms with E-state index in [2.05, 4.69) is 20.2 Å². The quantitative estimate of drug-likeness (QED) is 0.150. The number of fused-ring (bicyclic) bond motifs is 5. The number of methoxy groups -OCH3 is 1. The third kappa shape index (κ3) is 6.53. The van der Waals surface area contributed by atoms with E-state index in [-0.39, 0.29) is 67.5 Å². The first-order valence-corrected chi connectivity index (χ1v) is 19.4. The van der Waals surface area contributed by atoms with Gasteiger partial charge in [0.2, 0.25) is 15.9 Å². The van der Waals surface area contributed by atoms with Crippen molar-refractivity contribution >= 4 is 55.2 Å². The fraction of sp³-hybridized carbons (Fsp3) is 0.306. The van der Waals surface area contributed by atoms with Gasteiger partial charge in [-0.1, -0.05) is 17.7 Å². The van der Waals surface area contributed by atoms with E-state index in [1.807, 2.05) is 0 Å². The molecule has 2 aliphatic rings. The fourth-order valence-corrected chi connectivity index (χ4v) is 8.48. The van der Waals surface area contributed by atoms with E-state index >= 15 is 8.78 Å². The summed E-state index contributed by atoms with van der Waals surface area (Å²) in [6.45, 7) is -0.979. The molecular formula is C36H29ClF6N8O5S. The minimum Gasteiger partial charge on any atom is -0.494 e. The van der Waals surface area contributed by atoms with E-state index in [9.17, 15) is 35.6 Å². The summed E-state index contributed by atoms with van der Waals surface area (Å²) < 4.78 is 123. The van der Waals surface area contributed by atoms with Crippen molar-refractivity contribution in [1.82, 2.24) is 34.4 Å². The Morgan fingerprint density at radius 3 is 2.49 bits per heavy atom. The average Bonchev–Trinajstić information content (AvgIpc) is 3.66. The first-order valence-electron chi connectivity index (χ1n) is 17.1. The van der Waals surface area contributed by atoms with Gasteiger partial charge in [0.05, 0.1) is 46.4 Å². The number of sulfonamides is 1. The predicted molar refractivity (Wildman–Crippen MR) is 195 cm³/mol. The molecule has 13 nitrogen and oxygen atoms in total. The molecular weight excluding hydrogens is 806 g/mol. The van der Waals surface area contributed by atoms with Crippen LogP contribution in [0.4, 0.5) is 32.2 Å². The van der Waals surface area contributed by atoms with Crippen molar-refractivity contribution in [2.75, 3.05) is 18.1 Å². The lowest BCUT2D eigenvalue weighted by molar-refractivity contribution is -0.123. The Morgan fingerprint density at radius 2 is 1.82 bits per heavy atom. The molecule has 1 unspecified atom stereocenters. The number of nitrogens with zero attached hydrogens (tertiary/aromatic N) is 6. The first kappa shape index (κ1) is 38.3. The highest BCUT2D eigenvalue weighted by Crippen LogP contribution is 2.68. The lowest BCUT2D eigenvalue weighted by Crippen LogP contribution is -2.38. The molecule has 57 heavy (non-hydrogen) atoms. The number of nitrogens with one attached hydrogen (secondary N) is 2. The van der Waals surface area contributed by atoms with Gasteiger partial charge in [0.25, 0.3) is 17.9 Å². The molecule has 298 valence electrons. The Balaban J connectivity index is 1.34. The Morgan fingerprint density at radius 1 is 1.11 bits per heavy atom. The van der Waals surface area contributed by atoms with Crippen LogP contribution in [0.15, 0.2) is 53.3 Å². The number of carbonyl (C=O) groups excluding carboxylic acids is 1. The lowest BCUT2D eigenvalue weighted by atomic mass is 10.0. The van der Waals surface area contributed by atoms with Crippen LogP contribution >= 0.6 is 11.6 Å². The van der Waals surface area contributed by atoms with Crippen molar-refractivity contribution in [2.45, 2.75) is 43.7 Å². The van der Waals surface area contributed by atoms with Gasteiger partial charge < -0.3 is 10.1 Å². The fourth-order valence-electron chi connectivity index (χ4n) is 7.74. The number of para-hydroxylation sites is 1. The van der Waals surface area contributed by atoms with Crippen LogP contribution in [0, 0.1) is 17.6 Å². The highest BCUT2D eigenvalue weighted by atomic mass is 35.5. The predicted octanol–water partition coefficient (Wildman–Crippen LogP) is 6.03. The average molecular weight is 835 g/mol. The van der Waals surface area contributed by atoms with Gasteiger partial charge in [0.15, 0.2) is 5.82 Å². The van der Waals surface area contributed by atoms with Crippen molar-refractivity contribution in [2.24, 2.45) is 13.0 Å². The third-order valence-corrected chi connectivity index (χ3v) is 10.9. The first-order chi connectivity index (χ1) is 26.9. The van der Waals surface area contributed by atoms with Crippen LogP contribution in [-0.2, 0) is 40.8 Å². The number of aromatic nitrogens is 6. The molecule has 6 aromatic rings. The monoisotopic (exact) mass is 834 g/mol. The summed E-state index contributed by atoms with van der Waals surface area (Å²) in [6, 6.07) is 8.28. The maximum absolute atomic E-state index is 15.4. The molecule has 1 amide bonds. The SMILES string of the molecule is COc1cccc2c(=O)n(-c3ccc(Cl)c4c(NS(C)(=O)=O)nn(C)c34)c(C(Cc3cc(F)cc(F)c3)NC(=O)Cn3nc(C(F)F)c4c3C(F)(F)[C@@H]3C[C@H]43)nc12. The van der Waals surface area contributed by atoms with Gasteiger partial charge in [0, 0.05) is 31.0 Å². The maximum atomic E-state index is 15.4. The maximum Gasteiger partial charge on any atom is 0.293 e. The van der Waals surface area contributed by atoms with Gasteiger partial charge >= 0.3 is 0 Å². The van der Waals surface area contributed by atoms with Crippen molar-refractivity contribution in [3.63, 3.8) is 0 Å². The molecule has 2 aliphatic carbocycles. The summed E-state index contributed by atoms with van der Waals surface area (Å²) in [5.74, 6) is -8.91. The van der Waals surface area contributed by atoms with Gasteiger partial charge in [-0.05, 0) is 54.3 Å². The van der Waals surface area contributed by atoms with Crippen LogP contribution in [0.5, 0.6) is 5.75 Å². The molecule has 2 N–H and O–H groups in total. The molecule has 1 fully saturated rings. The van der Waals surface area contributed by atoms with E-state index in [0.29, 0.717) is 10.7 Å². The summed E-state index contributed by atoms with van der Waals surface area (Å²) >= 11 is 6.57. The standard InChI is InChI=1S/C36H29ClF6N8O5S/c1-49-30-23(8-7-21(37)27(30)33(47-49)48-57(3,54)55)51-34(45-28-18(35(51)53)5-4-6-24(28)56-2)22(11-15-9-16(38)12-17(39)10-15)44-25(52)14-50-31-26(29(46-50)32(40)41)19-13-20(19)36(31,42)43/h4-10,12,19-20,22,32H,11,13-14H2,1-3H3,(H,44,52)(H,47,48)/t19-,20+,22?/m0/s1. The van der Waals surface area contributed by atoms with Gasteiger partial charge in [-0.15, -0.1) is 0 Å². The molecule has 0 aliphatic heterocycles. The van der Waals surface area contributed by atoms with Crippen LogP contribution in [0.25, 0.3) is 27.5 Å². The zero-order valence-electron chi connectivity index (χ0n) is 29.8. The van der Waals surface area contributed by atoms with Gasteiger partial charge in [-0.3, -0.25) is 28.2 Å². The molecule has 0 spiro atoms. The van der Waals surface area contributed by atoms with Gasteiger partial charge in [0.1, 0.15) is 46.7 Å². The smallest absolute Gasteiger partial charge is 0.293 e. The van der Waals surface area contributed by atoms with E-state index < -0.39 is 87.7 Å². The largest absolute Gasteiger partial charge is 0.494 e. The molecule has 3 aromatic carbocycles. The molecule has 0 radical (unpaired) electrons. The van der Waals surface area contributed by atoms with Crippen molar-refractivity contribution in [1.29, 1.82) is 0 Å². The molecule has 21 heteroatoms. The van der Waals surface area contributed by atoms with Gasteiger partial charge in [-0.25, -0.2) is 31.0 Å². The zero-order valence-corrected chi connectivity index (χ0v) is 31.4. The Labute approximate surface area is 323 Å². The summed E-state index contributed by atoms with van der Waals surface area (Å²) in [5, 5.41) is 10.7. The number of anilines is 1. The van der Waals surface area contributed by atoms with Crippen LogP contribution in [-0.4, -0.2) is 56.8 Å². The number of halogens is 7. The van der Waals surface area contributed by atoms with Crippen molar-refractivity contribution in [3.8, 4) is 11.4 Å². The minimum atomic E-state index is -3.90. The van der Waals surface area contributed by atoms with Crippen LogP contribution in [0.1, 0.15) is 53.1 Å². The Hall–Kier alpha value is -5.63. The van der Waals surface area contributed by atoms with Crippen LogP contribution in [0.3, 0.4) is 0 Å². The summed E-state index contributed by atoms with van der Waals surface area (Å²) in [4.78, 5) is 33.5. The number of rotatable bonds is 11. The number of carbonyl (C=O) groups is 1. The summed E-state index contributed by atoms with van der Waals surface area (Å²) in [6.07, 6.45) is -2.77. The molecule has 1 saturated carbocycles. The third-order valence-electron chi connectivity index (χ3n) is 10.0. The Kier molecular flexibility index (Phi) is 9.06. The van der Waals surface area contributed by atoms with E-state index in [4.69, 9.17) is 21.3 Å². The molecule has 3 aromatic heterocycles. The Bertz CT molecular complexity index is 2830. The van der Waals surface area contributed by atoms with E-state index in [1.54, 1.807) is 0 Å². The molecule has 8 rings (SSSR count). The number of amides is 1. The van der Waals surface area contributed by atoms with E-state index in [0.717, 1.165) is 23.0 Å². The number of benzene rings is 3. The zero-order chi connectivity index (χ0) is 40.9. The number of ether oxygens (including phenoxy) is 1. The number of alkyl halides is 4. The second kappa shape index (κ2) is 13.5. The lowest BCUT2D eigenvalue weighted by Gasteiger charge is -2.24.